The second-order valence-electron chi connectivity index (χ2n) is 4.50. The maximum absolute atomic E-state index is 9.90. The average Bonchev–Trinajstić information content (AvgIpc) is 2.34. The van der Waals surface area contributed by atoms with Gasteiger partial charge in [-0.25, -0.2) is 15.4 Å². The van der Waals surface area contributed by atoms with Gasteiger partial charge in [0.2, 0.25) is 5.95 Å². The number of halogens is 1. The standard InChI is InChI=1S/C14H15ClN4O/c1-8-4-12(15)6-11(13(8)20)7-16-19-14-17-9(2)5-10(3)18-14/h4-7,20H,1-3H3,(H,17,18,19)/b16-7+. The molecule has 0 bridgehead atoms. The van der Waals surface area contributed by atoms with Crippen LogP contribution >= 0.6 is 11.6 Å². The highest BCUT2D eigenvalue weighted by Gasteiger charge is 2.04. The van der Waals surface area contributed by atoms with Crippen LogP contribution in [0.3, 0.4) is 0 Å². The van der Waals surface area contributed by atoms with Gasteiger partial charge in [-0.1, -0.05) is 11.6 Å². The summed E-state index contributed by atoms with van der Waals surface area (Å²) in [5.74, 6) is 0.568. The molecule has 0 saturated heterocycles. The Morgan fingerprint density at radius 2 is 1.80 bits per heavy atom. The molecule has 5 nitrogen and oxygen atoms in total. The number of benzene rings is 1. The number of hydrogen-bond donors (Lipinski definition) is 2. The number of phenols is 1. The molecule has 0 unspecified atom stereocenters. The summed E-state index contributed by atoms with van der Waals surface area (Å²) in [5, 5.41) is 14.5. The van der Waals surface area contributed by atoms with E-state index in [9.17, 15) is 5.11 Å². The number of phenolic OH excluding ortho intramolecular Hbond substituents is 1. The molecular weight excluding hydrogens is 276 g/mol. The Morgan fingerprint density at radius 1 is 1.15 bits per heavy atom. The van der Waals surface area contributed by atoms with Crippen molar-refractivity contribution in [2.75, 3.05) is 5.43 Å². The van der Waals surface area contributed by atoms with E-state index in [-0.39, 0.29) is 5.75 Å². The fraction of sp³-hybridized carbons (Fsp3) is 0.214. The van der Waals surface area contributed by atoms with Crippen molar-refractivity contribution in [2.45, 2.75) is 20.8 Å². The van der Waals surface area contributed by atoms with Crippen molar-refractivity contribution < 1.29 is 5.11 Å². The van der Waals surface area contributed by atoms with Gasteiger partial charge in [0.05, 0.1) is 6.21 Å². The highest BCUT2D eigenvalue weighted by atomic mass is 35.5. The minimum atomic E-state index is 0.154. The lowest BCUT2D eigenvalue weighted by Gasteiger charge is -2.04. The summed E-state index contributed by atoms with van der Waals surface area (Å²) in [4.78, 5) is 8.40. The minimum Gasteiger partial charge on any atom is -0.507 e. The molecule has 2 aromatic rings. The van der Waals surface area contributed by atoms with E-state index in [0.29, 0.717) is 22.1 Å². The number of anilines is 1. The Kier molecular flexibility index (Phi) is 4.20. The van der Waals surface area contributed by atoms with Crippen LogP contribution in [0.2, 0.25) is 5.02 Å². The Balaban J connectivity index is 2.18. The summed E-state index contributed by atoms with van der Waals surface area (Å²) in [7, 11) is 0. The van der Waals surface area contributed by atoms with E-state index in [1.54, 1.807) is 19.1 Å². The van der Waals surface area contributed by atoms with Crippen molar-refractivity contribution in [3.8, 4) is 5.75 Å². The van der Waals surface area contributed by atoms with E-state index < -0.39 is 0 Å². The molecule has 1 heterocycles. The molecule has 2 rings (SSSR count). The summed E-state index contributed by atoms with van der Waals surface area (Å²) in [5.41, 5.74) is 5.68. The molecular formula is C14H15ClN4O. The topological polar surface area (TPSA) is 70.4 Å². The van der Waals surface area contributed by atoms with Gasteiger partial charge in [0, 0.05) is 22.0 Å². The van der Waals surface area contributed by atoms with Gasteiger partial charge < -0.3 is 5.11 Å². The fourth-order valence-electron chi connectivity index (χ4n) is 1.80. The molecule has 1 aromatic heterocycles. The highest BCUT2D eigenvalue weighted by Crippen LogP contribution is 2.24. The molecule has 6 heteroatoms. The largest absolute Gasteiger partial charge is 0.507 e. The molecule has 0 atom stereocenters. The predicted octanol–water partition coefficient (Wildman–Crippen LogP) is 3.21. The van der Waals surface area contributed by atoms with Crippen LogP contribution in [0.5, 0.6) is 5.75 Å². The van der Waals surface area contributed by atoms with Crippen LogP contribution in [0.1, 0.15) is 22.5 Å². The van der Waals surface area contributed by atoms with Crippen LogP contribution < -0.4 is 5.43 Å². The molecule has 104 valence electrons. The highest BCUT2D eigenvalue weighted by molar-refractivity contribution is 6.31. The second-order valence-corrected chi connectivity index (χ2v) is 4.94. The Bertz CT molecular complexity index is 650. The monoisotopic (exact) mass is 290 g/mol. The van der Waals surface area contributed by atoms with Gasteiger partial charge in [-0.15, -0.1) is 0 Å². The van der Waals surface area contributed by atoms with Gasteiger partial charge in [0.1, 0.15) is 5.75 Å². The first-order valence-corrected chi connectivity index (χ1v) is 6.44. The number of hydrogen-bond acceptors (Lipinski definition) is 5. The van der Waals surface area contributed by atoms with Crippen LogP contribution in [-0.2, 0) is 0 Å². The van der Waals surface area contributed by atoms with E-state index in [4.69, 9.17) is 11.6 Å². The Labute approximate surface area is 122 Å². The van der Waals surface area contributed by atoms with Crippen LogP contribution in [0.25, 0.3) is 0 Å². The lowest BCUT2D eigenvalue weighted by Crippen LogP contribution is -2.00. The number of hydrazone groups is 1. The van der Waals surface area contributed by atoms with E-state index >= 15 is 0 Å². The lowest BCUT2D eigenvalue weighted by atomic mass is 10.1. The van der Waals surface area contributed by atoms with Gasteiger partial charge in [-0.3, -0.25) is 0 Å². The lowest BCUT2D eigenvalue weighted by molar-refractivity contribution is 0.470. The van der Waals surface area contributed by atoms with Gasteiger partial charge >= 0.3 is 0 Å². The molecule has 0 aliphatic rings. The van der Waals surface area contributed by atoms with Crippen LogP contribution in [0.4, 0.5) is 5.95 Å². The third-order valence-corrected chi connectivity index (χ3v) is 2.86. The number of rotatable bonds is 3. The van der Waals surface area contributed by atoms with Crippen molar-refractivity contribution >= 4 is 23.8 Å². The Hall–Kier alpha value is -2.14. The van der Waals surface area contributed by atoms with E-state index in [1.807, 2.05) is 19.9 Å². The molecule has 0 fully saturated rings. The normalized spacial score (nSPS) is 11.0. The van der Waals surface area contributed by atoms with Crippen molar-refractivity contribution in [1.82, 2.24) is 9.97 Å². The van der Waals surface area contributed by atoms with Crippen LogP contribution in [-0.4, -0.2) is 21.3 Å². The van der Waals surface area contributed by atoms with Crippen molar-refractivity contribution in [3.05, 3.63) is 45.7 Å². The third-order valence-electron chi connectivity index (χ3n) is 2.65. The Morgan fingerprint density at radius 3 is 2.45 bits per heavy atom. The van der Waals surface area contributed by atoms with Gasteiger partial charge in [-0.2, -0.15) is 5.10 Å². The number of aromatic hydroxyl groups is 1. The van der Waals surface area contributed by atoms with Gasteiger partial charge in [0.25, 0.3) is 0 Å². The van der Waals surface area contributed by atoms with Crippen molar-refractivity contribution in [2.24, 2.45) is 5.10 Å². The first-order valence-electron chi connectivity index (χ1n) is 6.06. The van der Waals surface area contributed by atoms with Crippen LogP contribution in [0, 0.1) is 20.8 Å². The number of nitrogens with one attached hydrogen (secondary N) is 1. The second kappa shape index (κ2) is 5.88. The minimum absolute atomic E-state index is 0.154. The van der Waals surface area contributed by atoms with Crippen molar-refractivity contribution in [3.63, 3.8) is 0 Å². The summed E-state index contributed by atoms with van der Waals surface area (Å²) in [6.07, 6.45) is 1.48. The zero-order valence-corrected chi connectivity index (χ0v) is 12.2. The molecule has 0 saturated carbocycles. The quantitative estimate of drug-likeness (QED) is 0.673. The molecule has 0 aliphatic heterocycles. The summed E-state index contributed by atoms with van der Waals surface area (Å²) in [6, 6.07) is 5.20. The van der Waals surface area contributed by atoms with E-state index in [1.165, 1.54) is 6.21 Å². The maximum atomic E-state index is 9.90. The van der Waals surface area contributed by atoms with Gasteiger partial charge in [0.15, 0.2) is 0 Å². The first-order chi connectivity index (χ1) is 9.45. The molecule has 0 aliphatic carbocycles. The smallest absolute Gasteiger partial charge is 0.243 e. The summed E-state index contributed by atoms with van der Waals surface area (Å²) < 4.78 is 0. The molecule has 0 amide bonds. The van der Waals surface area contributed by atoms with E-state index in [0.717, 1.165) is 11.4 Å². The third kappa shape index (κ3) is 3.45. The number of aryl methyl sites for hydroxylation is 3. The van der Waals surface area contributed by atoms with Crippen molar-refractivity contribution in [1.29, 1.82) is 0 Å². The number of nitrogens with zero attached hydrogens (tertiary/aromatic N) is 3. The predicted molar refractivity (Wildman–Crippen MR) is 80.6 cm³/mol. The zero-order valence-electron chi connectivity index (χ0n) is 11.5. The first kappa shape index (κ1) is 14.3. The molecule has 20 heavy (non-hydrogen) atoms. The molecule has 2 N–H and O–H groups in total. The van der Waals surface area contributed by atoms with E-state index in [2.05, 4.69) is 20.5 Å². The average molecular weight is 291 g/mol. The summed E-state index contributed by atoms with van der Waals surface area (Å²) >= 11 is 5.94. The number of aromatic nitrogens is 2. The maximum Gasteiger partial charge on any atom is 0.243 e. The SMILES string of the molecule is Cc1cc(C)nc(N/N=C/c2cc(Cl)cc(C)c2O)n1. The van der Waals surface area contributed by atoms with Gasteiger partial charge in [-0.05, 0) is 44.5 Å². The zero-order chi connectivity index (χ0) is 14.7. The fourth-order valence-corrected chi connectivity index (χ4v) is 2.08. The van der Waals surface area contributed by atoms with Crippen LogP contribution in [0.15, 0.2) is 23.3 Å². The molecule has 1 aromatic carbocycles. The molecule has 0 spiro atoms. The molecule has 0 radical (unpaired) electrons. The summed E-state index contributed by atoms with van der Waals surface area (Å²) in [6.45, 7) is 5.55.